The number of halogens is 3. The number of carboxylic acid groups (broad SMARTS) is 1. The van der Waals surface area contributed by atoms with Crippen LogP contribution in [0.4, 0.5) is 13.2 Å². The first-order valence-corrected chi connectivity index (χ1v) is 9.10. The molecule has 0 spiro atoms. The first kappa shape index (κ1) is 20.2. The second-order valence-corrected chi connectivity index (χ2v) is 7.45. The molecule has 1 aromatic carbocycles. The molecule has 0 aromatic heterocycles. The molecule has 1 aromatic rings. The molecule has 3 rings (SSSR count). The fourth-order valence-electron chi connectivity index (χ4n) is 3.36. The fourth-order valence-corrected chi connectivity index (χ4v) is 3.36. The Labute approximate surface area is 159 Å². The van der Waals surface area contributed by atoms with Gasteiger partial charge in [-0.1, -0.05) is 25.0 Å². The zero-order valence-electron chi connectivity index (χ0n) is 15.0. The van der Waals surface area contributed by atoms with Crippen LogP contribution in [0.1, 0.15) is 36.8 Å². The maximum atomic E-state index is 12.8. The van der Waals surface area contributed by atoms with E-state index in [1.54, 1.807) is 0 Å². The Bertz CT molecular complexity index is 777. The van der Waals surface area contributed by atoms with Gasteiger partial charge in [0.05, 0.1) is 11.5 Å². The molecule has 28 heavy (non-hydrogen) atoms. The minimum Gasteiger partial charge on any atom is -0.480 e. The van der Waals surface area contributed by atoms with E-state index in [1.807, 2.05) is 0 Å². The van der Waals surface area contributed by atoms with Crippen molar-refractivity contribution in [1.29, 1.82) is 0 Å². The third kappa shape index (κ3) is 5.02. The van der Waals surface area contributed by atoms with Gasteiger partial charge in [0.15, 0.2) is 0 Å². The molecule has 2 unspecified atom stereocenters. The molecular formula is C19H21F3N2O4. The van der Waals surface area contributed by atoms with Crippen molar-refractivity contribution in [3.8, 4) is 0 Å². The molecule has 1 saturated heterocycles. The molecule has 2 atom stereocenters. The zero-order chi connectivity index (χ0) is 20.5. The van der Waals surface area contributed by atoms with Crippen LogP contribution >= 0.6 is 0 Å². The van der Waals surface area contributed by atoms with Crippen LogP contribution in [-0.2, 0) is 27.1 Å². The van der Waals surface area contributed by atoms with E-state index in [4.69, 9.17) is 0 Å². The highest BCUT2D eigenvalue weighted by molar-refractivity contribution is 5.91. The van der Waals surface area contributed by atoms with Gasteiger partial charge >= 0.3 is 12.1 Å². The molecule has 0 bridgehead atoms. The fraction of sp³-hybridized carbons (Fsp3) is 0.526. The molecule has 9 heteroatoms. The van der Waals surface area contributed by atoms with Gasteiger partial charge in [0.2, 0.25) is 11.8 Å². The SMILES string of the molecule is O=C(NC(CC1CC1)C(=O)O)C1CC(=O)N(Cc2cccc(C(F)(F)F)c2)C1. The van der Waals surface area contributed by atoms with E-state index in [0.29, 0.717) is 17.9 Å². The van der Waals surface area contributed by atoms with Gasteiger partial charge in [-0.2, -0.15) is 13.2 Å². The third-order valence-electron chi connectivity index (χ3n) is 5.09. The predicted octanol–water partition coefficient (Wildman–Crippen LogP) is 2.42. The van der Waals surface area contributed by atoms with Crippen molar-refractivity contribution in [2.45, 2.75) is 44.4 Å². The van der Waals surface area contributed by atoms with Crippen LogP contribution in [-0.4, -0.2) is 40.4 Å². The van der Waals surface area contributed by atoms with Crippen LogP contribution in [0.2, 0.25) is 0 Å². The molecule has 0 radical (unpaired) electrons. The first-order chi connectivity index (χ1) is 13.1. The van der Waals surface area contributed by atoms with Crippen molar-refractivity contribution in [2.75, 3.05) is 6.54 Å². The van der Waals surface area contributed by atoms with Gasteiger partial charge in [0, 0.05) is 19.5 Å². The van der Waals surface area contributed by atoms with Crippen molar-refractivity contribution in [3.05, 3.63) is 35.4 Å². The average molecular weight is 398 g/mol. The summed E-state index contributed by atoms with van der Waals surface area (Å²) in [6, 6.07) is 3.73. The molecule has 1 heterocycles. The van der Waals surface area contributed by atoms with Crippen LogP contribution in [0.25, 0.3) is 0 Å². The summed E-state index contributed by atoms with van der Waals surface area (Å²) < 4.78 is 38.5. The van der Waals surface area contributed by atoms with Crippen molar-refractivity contribution >= 4 is 17.8 Å². The lowest BCUT2D eigenvalue weighted by Crippen LogP contribution is -2.44. The Morgan fingerprint density at radius 3 is 2.61 bits per heavy atom. The van der Waals surface area contributed by atoms with E-state index in [0.717, 1.165) is 25.0 Å². The van der Waals surface area contributed by atoms with E-state index in [2.05, 4.69) is 5.32 Å². The number of alkyl halides is 3. The summed E-state index contributed by atoms with van der Waals surface area (Å²) in [6.45, 7) is 0.0215. The van der Waals surface area contributed by atoms with E-state index in [1.165, 1.54) is 17.0 Å². The molecule has 2 aliphatic rings. The van der Waals surface area contributed by atoms with Crippen LogP contribution in [0.15, 0.2) is 24.3 Å². The van der Waals surface area contributed by atoms with Gasteiger partial charge in [-0.25, -0.2) is 4.79 Å². The molecule has 152 valence electrons. The number of nitrogens with one attached hydrogen (secondary N) is 1. The number of hydrogen-bond acceptors (Lipinski definition) is 3. The second kappa shape index (κ2) is 7.81. The van der Waals surface area contributed by atoms with Gasteiger partial charge in [-0.05, 0) is 30.0 Å². The molecule has 1 saturated carbocycles. The summed E-state index contributed by atoms with van der Waals surface area (Å²) in [5.74, 6) is -2.35. The topological polar surface area (TPSA) is 86.7 Å². The second-order valence-electron chi connectivity index (χ2n) is 7.45. The Morgan fingerprint density at radius 1 is 1.29 bits per heavy atom. The summed E-state index contributed by atoms with van der Waals surface area (Å²) in [6.07, 6.45) is -2.28. The van der Waals surface area contributed by atoms with Gasteiger partial charge in [0.25, 0.3) is 0 Å². The first-order valence-electron chi connectivity index (χ1n) is 9.10. The van der Waals surface area contributed by atoms with Crippen LogP contribution in [0.5, 0.6) is 0 Å². The number of rotatable bonds is 7. The normalized spacial score (nSPS) is 20.9. The average Bonchev–Trinajstić information content (AvgIpc) is 3.36. The summed E-state index contributed by atoms with van der Waals surface area (Å²) >= 11 is 0. The van der Waals surface area contributed by atoms with Gasteiger partial charge in [-0.3, -0.25) is 9.59 Å². The van der Waals surface area contributed by atoms with Crippen LogP contribution in [0, 0.1) is 11.8 Å². The lowest BCUT2D eigenvalue weighted by atomic mass is 10.1. The Morgan fingerprint density at radius 2 is 2.00 bits per heavy atom. The van der Waals surface area contributed by atoms with E-state index in [9.17, 15) is 32.7 Å². The number of nitrogens with zero attached hydrogens (tertiary/aromatic N) is 1. The summed E-state index contributed by atoms with van der Waals surface area (Å²) in [5, 5.41) is 11.7. The van der Waals surface area contributed by atoms with Gasteiger partial charge in [-0.15, -0.1) is 0 Å². The number of carbonyl (C=O) groups is 3. The number of hydrogen-bond donors (Lipinski definition) is 2. The summed E-state index contributed by atoms with van der Waals surface area (Å²) in [4.78, 5) is 37.2. The monoisotopic (exact) mass is 398 g/mol. The largest absolute Gasteiger partial charge is 0.480 e. The smallest absolute Gasteiger partial charge is 0.416 e. The maximum absolute atomic E-state index is 12.8. The standard InChI is InChI=1S/C19H21F3N2O4/c20-19(21,22)14-3-1-2-12(6-14)9-24-10-13(8-16(24)25)17(26)23-15(18(27)28)7-11-4-5-11/h1-3,6,11,13,15H,4-5,7-10H2,(H,23,26)(H,27,28). The highest BCUT2D eigenvalue weighted by Crippen LogP contribution is 2.34. The highest BCUT2D eigenvalue weighted by atomic mass is 19.4. The number of amides is 2. The molecular weight excluding hydrogens is 377 g/mol. The predicted molar refractivity (Wildman–Crippen MR) is 91.9 cm³/mol. The van der Waals surface area contributed by atoms with Crippen molar-refractivity contribution < 1.29 is 32.7 Å². The number of carbonyl (C=O) groups excluding carboxylic acids is 2. The van der Waals surface area contributed by atoms with Gasteiger partial charge in [0.1, 0.15) is 6.04 Å². The van der Waals surface area contributed by atoms with Crippen molar-refractivity contribution in [1.82, 2.24) is 10.2 Å². The van der Waals surface area contributed by atoms with Crippen LogP contribution < -0.4 is 5.32 Å². The van der Waals surface area contributed by atoms with E-state index in [-0.39, 0.29) is 25.4 Å². The lowest BCUT2D eigenvalue weighted by Gasteiger charge is -2.19. The minimum atomic E-state index is -4.47. The quantitative estimate of drug-likeness (QED) is 0.739. The van der Waals surface area contributed by atoms with E-state index < -0.39 is 35.6 Å². The van der Waals surface area contributed by atoms with Crippen molar-refractivity contribution in [2.24, 2.45) is 11.8 Å². The lowest BCUT2D eigenvalue weighted by molar-refractivity contribution is -0.142. The molecule has 2 amide bonds. The molecule has 1 aliphatic heterocycles. The summed E-state index contributed by atoms with van der Waals surface area (Å²) in [5.41, 5.74) is -0.475. The van der Waals surface area contributed by atoms with E-state index >= 15 is 0 Å². The zero-order valence-corrected chi connectivity index (χ0v) is 15.0. The molecule has 1 aliphatic carbocycles. The molecule has 2 N–H and O–H groups in total. The Hall–Kier alpha value is -2.58. The molecule has 2 fully saturated rings. The Kier molecular flexibility index (Phi) is 5.62. The highest BCUT2D eigenvalue weighted by Gasteiger charge is 2.37. The number of aliphatic carboxylic acids is 1. The third-order valence-corrected chi connectivity index (χ3v) is 5.09. The number of benzene rings is 1. The van der Waals surface area contributed by atoms with Gasteiger partial charge < -0.3 is 15.3 Å². The minimum absolute atomic E-state index is 0.0308. The van der Waals surface area contributed by atoms with Crippen LogP contribution in [0.3, 0.4) is 0 Å². The number of carboxylic acids is 1. The Balaban J connectivity index is 1.60. The molecule has 6 nitrogen and oxygen atoms in total. The number of likely N-dealkylation sites (tertiary alicyclic amines) is 1. The maximum Gasteiger partial charge on any atom is 0.416 e. The summed E-state index contributed by atoms with van der Waals surface area (Å²) in [7, 11) is 0. The van der Waals surface area contributed by atoms with Crippen molar-refractivity contribution in [3.63, 3.8) is 0 Å².